The van der Waals surface area contributed by atoms with Crippen molar-refractivity contribution in [3.63, 3.8) is 0 Å². The molecule has 1 aromatic carbocycles. The second kappa shape index (κ2) is 6.66. The van der Waals surface area contributed by atoms with Crippen LogP contribution in [-0.2, 0) is 11.2 Å². The van der Waals surface area contributed by atoms with Crippen LogP contribution in [0.4, 0.5) is 5.69 Å². The van der Waals surface area contributed by atoms with Gasteiger partial charge in [-0.25, -0.2) is 4.98 Å². The highest BCUT2D eigenvalue weighted by Gasteiger charge is 2.15. The fraction of sp³-hybridized carbons (Fsp3) is 0.211. The van der Waals surface area contributed by atoms with Crippen molar-refractivity contribution < 1.29 is 9.21 Å². The second-order valence-corrected chi connectivity index (χ2v) is 5.79. The summed E-state index contributed by atoms with van der Waals surface area (Å²) in [7, 11) is 0. The fourth-order valence-corrected chi connectivity index (χ4v) is 2.38. The summed E-state index contributed by atoms with van der Waals surface area (Å²) in [6.45, 7) is 5.87. The highest BCUT2D eigenvalue weighted by atomic mass is 16.4. The number of rotatable bonds is 4. The minimum absolute atomic E-state index is 0.118. The second-order valence-electron chi connectivity index (χ2n) is 5.79. The number of aromatic nitrogens is 2. The van der Waals surface area contributed by atoms with Gasteiger partial charge in [0, 0.05) is 18.1 Å². The fourth-order valence-electron chi connectivity index (χ4n) is 2.38. The third-order valence-corrected chi connectivity index (χ3v) is 3.92. The van der Waals surface area contributed by atoms with E-state index in [1.54, 1.807) is 12.4 Å². The van der Waals surface area contributed by atoms with Gasteiger partial charge >= 0.3 is 0 Å². The quantitative estimate of drug-likeness (QED) is 0.792. The summed E-state index contributed by atoms with van der Waals surface area (Å²) in [6.07, 6.45) is 3.55. The van der Waals surface area contributed by atoms with E-state index in [0.29, 0.717) is 17.3 Å². The first-order valence-corrected chi connectivity index (χ1v) is 7.77. The van der Waals surface area contributed by atoms with Crippen LogP contribution < -0.4 is 5.32 Å². The third-order valence-electron chi connectivity index (χ3n) is 3.92. The summed E-state index contributed by atoms with van der Waals surface area (Å²) in [6, 6.07) is 9.55. The molecule has 122 valence electrons. The van der Waals surface area contributed by atoms with Crippen LogP contribution in [0.1, 0.15) is 22.6 Å². The lowest BCUT2D eigenvalue weighted by Gasteiger charge is -2.07. The number of carbonyl (C=O) groups excluding carboxylic acids is 1. The Morgan fingerprint density at radius 3 is 2.71 bits per heavy atom. The monoisotopic (exact) mass is 321 g/mol. The van der Waals surface area contributed by atoms with E-state index in [-0.39, 0.29) is 12.3 Å². The van der Waals surface area contributed by atoms with Crippen LogP contribution in [-0.4, -0.2) is 15.9 Å². The minimum Gasteiger partial charge on any atom is -0.441 e. The molecule has 3 rings (SSSR count). The van der Waals surface area contributed by atoms with Gasteiger partial charge in [0.25, 0.3) is 0 Å². The van der Waals surface area contributed by atoms with E-state index in [0.717, 1.165) is 16.8 Å². The van der Waals surface area contributed by atoms with Gasteiger partial charge < -0.3 is 9.73 Å². The molecule has 0 spiro atoms. The van der Waals surface area contributed by atoms with E-state index < -0.39 is 0 Å². The molecule has 1 N–H and O–H groups in total. The van der Waals surface area contributed by atoms with Crippen molar-refractivity contribution in [2.45, 2.75) is 27.2 Å². The Balaban J connectivity index is 1.72. The van der Waals surface area contributed by atoms with Gasteiger partial charge in [0.1, 0.15) is 5.76 Å². The van der Waals surface area contributed by atoms with Crippen LogP contribution in [0.2, 0.25) is 0 Å². The lowest BCUT2D eigenvalue weighted by Crippen LogP contribution is -2.15. The number of oxazole rings is 1. The molecule has 0 unspecified atom stereocenters. The molecule has 0 saturated carbocycles. The van der Waals surface area contributed by atoms with Crippen LogP contribution in [0.5, 0.6) is 0 Å². The maximum absolute atomic E-state index is 12.3. The lowest BCUT2D eigenvalue weighted by molar-refractivity contribution is -0.115. The van der Waals surface area contributed by atoms with Crippen molar-refractivity contribution in [1.82, 2.24) is 9.97 Å². The number of amides is 1. The molecular weight excluding hydrogens is 302 g/mol. The molecular formula is C19H19N3O2. The van der Waals surface area contributed by atoms with Gasteiger partial charge in [-0.05, 0) is 56.2 Å². The summed E-state index contributed by atoms with van der Waals surface area (Å²) < 4.78 is 5.66. The number of nitrogens with zero attached hydrogens (tertiary/aromatic N) is 2. The zero-order valence-corrected chi connectivity index (χ0v) is 14.0. The number of benzene rings is 1. The molecule has 2 aromatic heterocycles. The van der Waals surface area contributed by atoms with Gasteiger partial charge in [-0.1, -0.05) is 6.07 Å². The van der Waals surface area contributed by atoms with Crippen molar-refractivity contribution in [3.05, 3.63) is 65.3 Å². The number of hydrogen-bond donors (Lipinski definition) is 1. The largest absolute Gasteiger partial charge is 0.441 e. The zero-order chi connectivity index (χ0) is 17.1. The Bertz CT molecular complexity index is 870. The Labute approximate surface area is 140 Å². The number of nitrogens with one attached hydrogen (secondary N) is 1. The standard InChI is InChI=1S/C19H19N3O2/c1-12-6-7-16(9-13(12)2)21-18(23)10-17-14(3)24-19(22-17)15-5-4-8-20-11-15/h4-9,11H,10H2,1-3H3,(H,21,23). The van der Waals surface area contributed by atoms with E-state index >= 15 is 0 Å². The summed E-state index contributed by atoms with van der Waals surface area (Å²) in [4.78, 5) is 20.7. The van der Waals surface area contributed by atoms with Crippen LogP contribution in [0.25, 0.3) is 11.5 Å². The van der Waals surface area contributed by atoms with E-state index in [2.05, 4.69) is 15.3 Å². The predicted molar refractivity (Wildman–Crippen MR) is 92.7 cm³/mol. The molecule has 2 heterocycles. The van der Waals surface area contributed by atoms with Gasteiger partial charge in [0.05, 0.1) is 17.7 Å². The first-order chi connectivity index (χ1) is 11.5. The number of anilines is 1. The summed E-state index contributed by atoms with van der Waals surface area (Å²) in [5, 5.41) is 2.90. The Kier molecular flexibility index (Phi) is 4.42. The van der Waals surface area contributed by atoms with Crippen molar-refractivity contribution in [3.8, 4) is 11.5 Å². The highest BCUT2D eigenvalue weighted by molar-refractivity contribution is 5.92. The molecule has 5 heteroatoms. The lowest BCUT2D eigenvalue weighted by atomic mass is 10.1. The molecule has 0 saturated heterocycles. The molecule has 0 aliphatic carbocycles. The molecule has 3 aromatic rings. The van der Waals surface area contributed by atoms with E-state index in [1.165, 1.54) is 5.56 Å². The van der Waals surface area contributed by atoms with Gasteiger partial charge in [-0.3, -0.25) is 9.78 Å². The smallest absolute Gasteiger partial charge is 0.230 e. The zero-order valence-electron chi connectivity index (χ0n) is 14.0. The molecule has 0 bridgehead atoms. The summed E-state index contributed by atoms with van der Waals surface area (Å²) >= 11 is 0. The molecule has 0 atom stereocenters. The summed E-state index contributed by atoms with van der Waals surface area (Å²) in [5.74, 6) is 1.01. The molecule has 0 aliphatic heterocycles. The number of carbonyl (C=O) groups is 1. The van der Waals surface area contributed by atoms with Crippen molar-refractivity contribution in [2.24, 2.45) is 0 Å². The first kappa shape index (κ1) is 15.9. The van der Waals surface area contributed by atoms with E-state index in [9.17, 15) is 4.79 Å². The molecule has 0 aliphatic rings. The van der Waals surface area contributed by atoms with Crippen LogP contribution in [0, 0.1) is 20.8 Å². The van der Waals surface area contributed by atoms with Gasteiger partial charge in [-0.2, -0.15) is 0 Å². The minimum atomic E-state index is -0.118. The third kappa shape index (κ3) is 3.51. The Morgan fingerprint density at radius 2 is 2.00 bits per heavy atom. The molecule has 24 heavy (non-hydrogen) atoms. The normalized spacial score (nSPS) is 10.6. The maximum Gasteiger partial charge on any atom is 0.230 e. The Hall–Kier alpha value is -2.95. The molecule has 1 amide bonds. The number of hydrogen-bond acceptors (Lipinski definition) is 4. The summed E-state index contributed by atoms with van der Waals surface area (Å²) in [5.41, 5.74) is 4.55. The SMILES string of the molecule is Cc1ccc(NC(=O)Cc2nc(-c3cccnc3)oc2C)cc1C. The average Bonchev–Trinajstić information content (AvgIpc) is 2.93. The van der Waals surface area contributed by atoms with E-state index in [4.69, 9.17) is 4.42 Å². The molecule has 0 radical (unpaired) electrons. The van der Waals surface area contributed by atoms with E-state index in [1.807, 2.05) is 51.1 Å². The Morgan fingerprint density at radius 1 is 1.17 bits per heavy atom. The van der Waals surface area contributed by atoms with Gasteiger partial charge in [-0.15, -0.1) is 0 Å². The van der Waals surface area contributed by atoms with Gasteiger partial charge in [0.15, 0.2) is 0 Å². The number of aryl methyl sites for hydroxylation is 3. The molecule has 5 nitrogen and oxygen atoms in total. The number of pyridine rings is 1. The first-order valence-electron chi connectivity index (χ1n) is 7.77. The van der Waals surface area contributed by atoms with Crippen LogP contribution in [0.3, 0.4) is 0 Å². The molecule has 0 fully saturated rings. The van der Waals surface area contributed by atoms with Crippen molar-refractivity contribution in [2.75, 3.05) is 5.32 Å². The predicted octanol–water partition coefficient (Wildman–Crippen LogP) is 3.84. The van der Waals surface area contributed by atoms with Crippen molar-refractivity contribution >= 4 is 11.6 Å². The van der Waals surface area contributed by atoms with Crippen LogP contribution >= 0.6 is 0 Å². The highest BCUT2D eigenvalue weighted by Crippen LogP contribution is 2.21. The average molecular weight is 321 g/mol. The van der Waals surface area contributed by atoms with Gasteiger partial charge in [0.2, 0.25) is 11.8 Å². The maximum atomic E-state index is 12.3. The topological polar surface area (TPSA) is 68.0 Å². The van der Waals surface area contributed by atoms with Crippen molar-refractivity contribution in [1.29, 1.82) is 0 Å². The van der Waals surface area contributed by atoms with Crippen LogP contribution in [0.15, 0.2) is 47.1 Å².